The molecule has 0 aliphatic heterocycles. The van der Waals surface area contributed by atoms with Crippen LogP contribution in [0.2, 0.25) is 0 Å². The molecule has 1 saturated carbocycles. The van der Waals surface area contributed by atoms with E-state index in [1.165, 1.54) is 6.42 Å². The second kappa shape index (κ2) is 4.82. The smallest absolute Gasteiger partial charge is 0.331 e. The van der Waals surface area contributed by atoms with E-state index >= 15 is 0 Å². The summed E-state index contributed by atoms with van der Waals surface area (Å²) in [5.74, 6) is 1.07. The fourth-order valence-electron chi connectivity index (χ4n) is 2.76. The lowest BCUT2D eigenvalue weighted by Crippen LogP contribution is -2.30. The zero-order chi connectivity index (χ0) is 11.6. The fourth-order valence-corrected chi connectivity index (χ4v) is 2.76. The number of aliphatic carboxylic acids is 1. The summed E-state index contributed by atoms with van der Waals surface area (Å²) in [5.41, 5.74) is 0.417. The van der Waals surface area contributed by atoms with E-state index in [9.17, 15) is 4.79 Å². The van der Waals surface area contributed by atoms with Crippen LogP contribution < -0.4 is 0 Å². The van der Waals surface area contributed by atoms with Crippen LogP contribution in [0.1, 0.15) is 40.0 Å². The Hall–Kier alpha value is -0.790. The standard InChI is InChI=1S/C13H22O2/c1-8(2)11-6-5-9(3)7-12(11)10(4)13(14)15/h8-9,11-12H,4-7H2,1-3H3,(H,14,15). The van der Waals surface area contributed by atoms with E-state index < -0.39 is 5.97 Å². The molecule has 0 aromatic carbocycles. The molecule has 1 rings (SSSR count). The molecule has 3 unspecified atom stereocenters. The molecule has 15 heavy (non-hydrogen) atoms. The molecule has 1 aliphatic rings. The second-order valence-corrected chi connectivity index (χ2v) is 5.26. The highest BCUT2D eigenvalue weighted by molar-refractivity contribution is 5.86. The fraction of sp³-hybridized carbons (Fsp3) is 0.769. The van der Waals surface area contributed by atoms with Crippen molar-refractivity contribution in [2.75, 3.05) is 0 Å². The van der Waals surface area contributed by atoms with Gasteiger partial charge in [0, 0.05) is 5.57 Å². The minimum atomic E-state index is -0.820. The van der Waals surface area contributed by atoms with E-state index in [0.717, 1.165) is 12.8 Å². The molecule has 0 aromatic rings. The van der Waals surface area contributed by atoms with Gasteiger partial charge in [0.05, 0.1) is 0 Å². The molecular weight excluding hydrogens is 188 g/mol. The topological polar surface area (TPSA) is 37.3 Å². The lowest BCUT2D eigenvalue weighted by atomic mass is 9.67. The second-order valence-electron chi connectivity index (χ2n) is 5.26. The lowest BCUT2D eigenvalue weighted by Gasteiger charge is -2.37. The van der Waals surface area contributed by atoms with Gasteiger partial charge >= 0.3 is 5.97 Å². The minimum Gasteiger partial charge on any atom is -0.478 e. The zero-order valence-electron chi connectivity index (χ0n) is 9.99. The third kappa shape index (κ3) is 2.83. The third-order valence-corrected chi connectivity index (χ3v) is 3.74. The molecule has 0 amide bonds. The van der Waals surface area contributed by atoms with Crippen LogP contribution in [-0.2, 0) is 4.79 Å². The molecule has 1 N–H and O–H groups in total. The molecule has 0 heterocycles. The number of carboxylic acids is 1. The molecule has 1 fully saturated rings. The number of hydrogen-bond donors (Lipinski definition) is 1. The molecule has 0 spiro atoms. The molecular formula is C13H22O2. The van der Waals surface area contributed by atoms with Crippen molar-refractivity contribution in [3.63, 3.8) is 0 Å². The van der Waals surface area contributed by atoms with Gasteiger partial charge in [0.1, 0.15) is 0 Å². The van der Waals surface area contributed by atoms with E-state index in [1.807, 2.05) is 0 Å². The maximum atomic E-state index is 11.0. The maximum Gasteiger partial charge on any atom is 0.331 e. The maximum absolute atomic E-state index is 11.0. The normalized spacial score (nSPS) is 31.6. The summed E-state index contributed by atoms with van der Waals surface area (Å²) >= 11 is 0. The molecule has 2 heteroatoms. The Kier molecular flexibility index (Phi) is 3.95. The van der Waals surface area contributed by atoms with Crippen molar-refractivity contribution in [1.82, 2.24) is 0 Å². The zero-order valence-corrected chi connectivity index (χ0v) is 9.99. The van der Waals surface area contributed by atoms with Gasteiger partial charge in [0.2, 0.25) is 0 Å². The van der Waals surface area contributed by atoms with Gasteiger partial charge in [-0.3, -0.25) is 0 Å². The van der Waals surface area contributed by atoms with Crippen molar-refractivity contribution in [2.24, 2.45) is 23.7 Å². The highest BCUT2D eigenvalue weighted by Crippen LogP contribution is 2.41. The van der Waals surface area contributed by atoms with Crippen LogP contribution in [0.4, 0.5) is 0 Å². The van der Waals surface area contributed by atoms with Crippen LogP contribution in [0.3, 0.4) is 0 Å². The average molecular weight is 210 g/mol. The molecule has 0 aromatic heterocycles. The number of rotatable bonds is 3. The highest BCUT2D eigenvalue weighted by atomic mass is 16.4. The van der Waals surface area contributed by atoms with E-state index in [-0.39, 0.29) is 5.92 Å². The van der Waals surface area contributed by atoms with Crippen LogP contribution >= 0.6 is 0 Å². The van der Waals surface area contributed by atoms with Crippen molar-refractivity contribution in [3.05, 3.63) is 12.2 Å². The Morgan fingerprint density at radius 1 is 1.40 bits per heavy atom. The molecule has 86 valence electrons. The molecule has 0 saturated heterocycles. The van der Waals surface area contributed by atoms with Crippen molar-refractivity contribution >= 4 is 5.97 Å². The minimum absolute atomic E-state index is 0.186. The Bertz CT molecular complexity index is 255. The molecule has 1 aliphatic carbocycles. The van der Waals surface area contributed by atoms with Gasteiger partial charge in [-0.05, 0) is 36.5 Å². The van der Waals surface area contributed by atoms with Gasteiger partial charge in [0.15, 0.2) is 0 Å². The highest BCUT2D eigenvalue weighted by Gasteiger charge is 2.34. The van der Waals surface area contributed by atoms with Crippen molar-refractivity contribution in [3.8, 4) is 0 Å². The van der Waals surface area contributed by atoms with E-state index in [1.54, 1.807) is 0 Å². The summed E-state index contributed by atoms with van der Waals surface area (Å²) in [5, 5.41) is 9.02. The van der Waals surface area contributed by atoms with Crippen molar-refractivity contribution in [1.29, 1.82) is 0 Å². The van der Waals surface area contributed by atoms with Gasteiger partial charge in [-0.15, -0.1) is 0 Å². The van der Waals surface area contributed by atoms with E-state index in [2.05, 4.69) is 27.4 Å². The van der Waals surface area contributed by atoms with Crippen molar-refractivity contribution in [2.45, 2.75) is 40.0 Å². The Morgan fingerprint density at radius 2 is 2.00 bits per heavy atom. The van der Waals surface area contributed by atoms with E-state index in [0.29, 0.717) is 23.3 Å². The lowest BCUT2D eigenvalue weighted by molar-refractivity contribution is -0.133. The van der Waals surface area contributed by atoms with Crippen LogP contribution in [0, 0.1) is 23.7 Å². The Labute approximate surface area is 92.4 Å². The van der Waals surface area contributed by atoms with Gasteiger partial charge < -0.3 is 5.11 Å². The summed E-state index contributed by atoms with van der Waals surface area (Å²) in [6, 6.07) is 0. The van der Waals surface area contributed by atoms with E-state index in [4.69, 9.17) is 5.11 Å². The molecule has 3 atom stereocenters. The van der Waals surface area contributed by atoms with Crippen LogP contribution in [0.5, 0.6) is 0 Å². The first-order chi connectivity index (χ1) is 6.93. The quantitative estimate of drug-likeness (QED) is 0.725. The van der Waals surface area contributed by atoms with Crippen LogP contribution in [-0.4, -0.2) is 11.1 Å². The number of carbonyl (C=O) groups is 1. The first-order valence-electron chi connectivity index (χ1n) is 5.85. The van der Waals surface area contributed by atoms with Gasteiger partial charge in [-0.2, -0.15) is 0 Å². The molecule has 0 bridgehead atoms. The van der Waals surface area contributed by atoms with Gasteiger partial charge in [-0.1, -0.05) is 33.8 Å². The van der Waals surface area contributed by atoms with Crippen LogP contribution in [0.15, 0.2) is 12.2 Å². The monoisotopic (exact) mass is 210 g/mol. The van der Waals surface area contributed by atoms with Gasteiger partial charge in [0.25, 0.3) is 0 Å². The van der Waals surface area contributed by atoms with Gasteiger partial charge in [-0.25, -0.2) is 4.79 Å². The third-order valence-electron chi connectivity index (χ3n) is 3.74. The predicted molar refractivity (Wildman–Crippen MR) is 61.6 cm³/mol. The first kappa shape index (κ1) is 12.3. The summed E-state index contributed by atoms with van der Waals surface area (Å²) < 4.78 is 0. The summed E-state index contributed by atoms with van der Waals surface area (Å²) in [7, 11) is 0. The first-order valence-corrected chi connectivity index (χ1v) is 5.85. The largest absolute Gasteiger partial charge is 0.478 e. The number of carboxylic acid groups (broad SMARTS) is 1. The predicted octanol–water partition coefficient (Wildman–Crippen LogP) is 3.34. The summed E-state index contributed by atoms with van der Waals surface area (Å²) in [4.78, 5) is 11.0. The average Bonchev–Trinajstić information content (AvgIpc) is 2.15. The SMILES string of the molecule is C=C(C(=O)O)C1CC(C)CCC1C(C)C. The molecule has 2 nitrogen and oxygen atoms in total. The van der Waals surface area contributed by atoms with Crippen LogP contribution in [0.25, 0.3) is 0 Å². The summed E-state index contributed by atoms with van der Waals surface area (Å²) in [6.45, 7) is 10.3. The molecule has 0 radical (unpaired) electrons. The van der Waals surface area contributed by atoms with Crippen molar-refractivity contribution < 1.29 is 9.90 Å². The summed E-state index contributed by atoms with van der Waals surface area (Å²) in [6.07, 6.45) is 3.37. The Morgan fingerprint density at radius 3 is 2.47 bits per heavy atom. The number of hydrogen-bond acceptors (Lipinski definition) is 1. The Balaban J connectivity index is 2.79.